The fourth-order valence-corrected chi connectivity index (χ4v) is 0.971. The predicted molar refractivity (Wildman–Crippen MR) is 56.1 cm³/mol. The Kier molecular flexibility index (Phi) is 3.22. The van der Waals surface area contributed by atoms with Gasteiger partial charge in [0.15, 0.2) is 0 Å². The van der Waals surface area contributed by atoms with Crippen molar-refractivity contribution in [1.82, 2.24) is 0 Å². The maximum Gasteiger partial charge on any atom is 0.271 e. The number of amides is 1. The number of anilines is 2. The van der Waals surface area contributed by atoms with Crippen molar-refractivity contribution in [3.05, 3.63) is 34.7 Å². The molecule has 1 aromatic rings. The maximum absolute atomic E-state index is 11.0. The molecule has 15 heavy (non-hydrogen) atoms. The minimum atomic E-state index is -0.551. The van der Waals surface area contributed by atoms with Crippen molar-refractivity contribution in [3.63, 3.8) is 0 Å². The zero-order valence-electron chi connectivity index (χ0n) is 8.06. The summed E-state index contributed by atoms with van der Waals surface area (Å²) in [5.41, 5.74) is 5.96. The van der Waals surface area contributed by atoms with Crippen molar-refractivity contribution in [1.29, 1.82) is 0 Å². The second kappa shape index (κ2) is 4.41. The Labute approximate surface area is 86.2 Å². The van der Waals surface area contributed by atoms with Crippen molar-refractivity contribution < 1.29 is 9.72 Å². The van der Waals surface area contributed by atoms with Gasteiger partial charge in [0.25, 0.3) is 5.69 Å². The molecule has 0 aliphatic rings. The Bertz CT molecular complexity index is 404. The summed E-state index contributed by atoms with van der Waals surface area (Å²) >= 11 is 0. The Morgan fingerprint density at radius 2 is 2.27 bits per heavy atom. The highest BCUT2D eigenvalue weighted by Crippen LogP contribution is 2.24. The van der Waals surface area contributed by atoms with Crippen molar-refractivity contribution >= 4 is 23.0 Å². The molecule has 0 bridgehead atoms. The molecule has 3 N–H and O–H groups in total. The molecule has 1 radical (unpaired) electrons. The third kappa shape index (κ3) is 2.67. The number of benzene rings is 1. The van der Waals surface area contributed by atoms with Crippen LogP contribution in [0.4, 0.5) is 17.1 Å². The van der Waals surface area contributed by atoms with Gasteiger partial charge in [0.05, 0.1) is 16.3 Å². The molecule has 0 aliphatic carbocycles. The summed E-state index contributed by atoms with van der Waals surface area (Å²) in [4.78, 5) is 20.9. The molecule has 0 atom stereocenters. The first-order valence-electron chi connectivity index (χ1n) is 4.19. The van der Waals surface area contributed by atoms with E-state index in [2.05, 4.69) is 5.32 Å². The van der Waals surface area contributed by atoms with Crippen LogP contribution in [0.1, 0.15) is 6.92 Å². The van der Waals surface area contributed by atoms with Gasteiger partial charge < -0.3 is 11.1 Å². The van der Waals surface area contributed by atoms with E-state index in [1.807, 2.05) is 0 Å². The maximum atomic E-state index is 11.0. The molecule has 0 heterocycles. The average molecular weight is 208 g/mol. The van der Waals surface area contributed by atoms with Crippen LogP contribution in [0.5, 0.6) is 0 Å². The summed E-state index contributed by atoms with van der Waals surface area (Å²) in [6.07, 6.45) is 1.30. The molecule has 0 spiro atoms. The van der Waals surface area contributed by atoms with Crippen LogP contribution in [0.15, 0.2) is 18.2 Å². The first-order chi connectivity index (χ1) is 7.04. The molecular weight excluding hydrogens is 198 g/mol. The molecular formula is C9H10N3O3. The average Bonchev–Trinajstić information content (AvgIpc) is 2.20. The third-order valence-electron chi connectivity index (χ3n) is 1.77. The summed E-state index contributed by atoms with van der Waals surface area (Å²) < 4.78 is 0. The van der Waals surface area contributed by atoms with Crippen LogP contribution in [0.2, 0.25) is 0 Å². The van der Waals surface area contributed by atoms with Gasteiger partial charge in [-0.15, -0.1) is 0 Å². The van der Waals surface area contributed by atoms with E-state index in [1.54, 1.807) is 6.92 Å². The normalized spacial score (nSPS) is 9.67. The van der Waals surface area contributed by atoms with Crippen LogP contribution in [-0.2, 0) is 4.79 Å². The predicted octanol–water partition coefficient (Wildman–Crippen LogP) is 1.34. The fraction of sp³-hybridized carbons (Fsp3) is 0.111. The molecule has 6 heteroatoms. The quantitative estimate of drug-likeness (QED) is 0.444. The van der Waals surface area contributed by atoms with Gasteiger partial charge in [-0.25, -0.2) is 0 Å². The van der Waals surface area contributed by atoms with E-state index in [0.717, 1.165) is 0 Å². The van der Waals surface area contributed by atoms with E-state index in [9.17, 15) is 14.9 Å². The standard InChI is InChI=1S/C9H10N3O3/c1-2-9(13)11-8-5-6(12(14)15)3-4-7(8)10/h2-5H,10H2,1H3,(H,11,13). The first kappa shape index (κ1) is 11.0. The number of carbonyl (C=O) groups is 1. The van der Waals surface area contributed by atoms with Crippen LogP contribution in [0.25, 0.3) is 0 Å². The van der Waals surface area contributed by atoms with Gasteiger partial charge in [-0.05, 0) is 6.07 Å². The monoisotopic (exact) mass is 208 g/mol. The van der Waals surface area contributed by atoms with Crippen molar-refractivity contribution in [2.45, 2.75) is 6.92 Å². The van der Waals surface area contributed by atoms with Gasteiger partial charge >= 0.3 is 0 Å². The summed E-state index contributed by atoms with van der Waals surface area (Å²) in [5, 5.41) is 12.9. The molecule has 0 saturated heterocycles. The lowest BCUT2D eigenvalue weighted by molar-refractivity contribution is -0.384. The number of non-ortho nitro benzene ring substituents is 1. The minimum Gasteiger partial charge on any atom is -0.397 e. The van der Waals surface area contributed by atoms with Gasteiger partial charge in [-0.1, -0.05) is 6.92 Å². The highest BCUT2D eigenvalue weighted by molar-refractivity contribution is 5.99. The number of hydrogen-bond acceptors (Lipinski definition) is 4. The van der Waals surface area contributed by atoms with Gasteiger partial charge in [-0.3, -0.25) is 14.9 Å². The van der Waals surface area contributed by atoms with E-state index in [-0.39, 0.29) is 23.0 Å². The second-order valence-electron chi connectivity index (χ2n) is 2.81. The van der Waals surface area contributed by atoms with Crippen molar-refractivity contribution in [2.75, 3.05) is 11.1 Å². The van der Waals surface area contributed by atoms with Crippen LogP contribution in [0, 0.1) is 16.5 Å². The Hall–Kier alpha value is -2.11. The molecule has 0 aromatic heterocycles. The molecule has 1 aromatic carbocycles. The van der Waals surface area contributed by atoms with Crippen LogP contribution in [-0.4, -0.2) is 10.8 Å². The zero-order chi connectivity index (χ0) is 11.4. The Morgan fingerprint density at radius 1 is 1.60 bits per heavy atom. The number of hydrogen-bond donors (Lipinski definition) is 2. The number of nitro groups is 1. The molecule has 0 aliphatic heterocycles. The number of rotatable bonds is 3. The molecule has 6 nitrogen and oxygen atoms in total. The van der Waals surface area contributed by atoms with E-state index in [4.69, 9.17) is 5.73 Å². The fourth-order valence-electron chi connectivity index (χ4n) is 0.971. The van der Waals surface area contributed by atoms with E-state index in [0.29, 0.717) is 0 Å². The summed E-state index contributed by atoms with van der Waals surface area (Å²) in [5.74, 6) is -0.359. The number of nitrogen functional groups attached to an aromatic ring is 1. The molecule has 1 amide bonds. The minimum absolute atomic E-state index is 0.115. The number of nitrogens with zero attached hydrogens (tertiary/aromatic N) is 1. The van der Waals surface area contributed by atoms with E-state index < -0.39 is 4.92 Å². The van der Waals surface area contributed by atoms with Crippen molar-refractivity contribution in [2.24, 2.45) is 0 Å². The zero-order valence-corrected chi connectivity index (χ0v) is 8.06. The molecule has 79 valence electrons. The lowest BCUT2D eigenvalue weighted by Crippen LogP contribution is -2.11. The second-order valence-corrected chi connectivity index (χ2v) is 2.81. The largest absolute Gasteiger partial charge is 0.397 e. The molecule has 0 unspecified atom stereocenters. The Balaban J connectivity index is 3.00. The van der Waals surface area contributed by atoms with Crippen LogP contribution < -0.4 is 11.1 Å². The highest BCUT2D eigenvalue weighted by atomic mass is 16.6. The summed E-state index contributed by atoms with van der Waals surface area (Å²) in [7, 11) is 0. The lowest BCUT2D eigenvalue weighted by Gasteiger charge is -2.06. The number of nitro benzene ring substituents is 1. The summed E-state index contributed by atoms with van der Waals surface area (Å²) in [6.45, 7) is 1.56. The van der Waals surface area contributed by atoms with Gasteiger partial charge in [0, 0.05) is 18.6 Å². The van der Waals surface area contributed by atoms with Gasteiger partial charge in [-0.2, -0.15) is 0 Å². The number of nitrogens with one attached hydrogen (secondary N) is 1. The lowest BCUT2D eigenvalue weighted by atomic mass is 10.2. The third-order valence-corrected chi connectivity index (χ3v) is 1.77. The van der Waals surface area contributed by atoms with Crippen LogP contribution >= 0.6 is 0 Å². The SMILES string of the molecule is C[CH]C(=O)Nc1cc([N+](=O)[O-])ccc1N. The van der Waals surface area contributed by atoms with E-state index >= 15 is 0 Å². The van der Waals surface area contributed by atoms with Crippen LogP contribution in [0.3, 0.4) is 0 Å². The molecule has 0 saturated carbocycles. The van der Waals surface area contributed by atoms with Gasteiger partial charge in [0.1, 0.15) is 0 Å². The Morgan fingerprint density at radius 3 is 2.80 bits per heavy atom. The van der Waals surface area contributed by atoms with Gasteiger partial charge in [0.2, 0.25) is 5.91 Å². The first-order valence-corrected chi connectivity index (χ1v) is 4.19. The van der Waals surface area contributed by atoms with Crippen molar-refractivity contribution in [3.8, 4) is 0 Å². The highest BCUT2D eigenvalue weighted by Gasteiger charge is 2.10. The number of carbonyl (C=O) groups excluding carboxylic acids is 1. The molecule has 0 fully saturated rings. The van der Waals surface area contributed by atoms with E-state index in [1.165, 1.54) is 24.6 Å². The topological polar surface area (TPSA) is 98.3 Å². The smallest absolute Gasteiger partial charge is 0.271 e. The molecule has 1 rings (SSSR count). The summed E-state index contributed by atoms with van der Waals surface area (Å²) in [6, 6.07) is 3.88. The number of nitrogens with two attached hydrogens (primary N) is 1.